The zero-order chi connectivity index (χ0) is 23.3. The average molecular weight is 498 g/mol. The van der Waals surface area contributed by atoms with Gasteiger partial charge in [0.1, 0.15) is 6.10 Å². The Morgan fingerprint density at radius 3 is 2.29 bits per heavy atom. The van der Waals surface area contributed by atoms with Crippen molar-refractivity contribution in [3.63, 3.8) is 0 Å². The molecule has 3 aliphatic rings. The van der Waals surface area contributed by atoms with E-state index in [-0.39, 0.29) is 30.5 Å². The molecular weight excluding hydrogens is 462 g/mol. The third kappa shape index (κ3) is 6.17. The number of nitrogens with one attached hydrogen (secondary N) is 1. The molecule has 2 heterocycles. The first-order valence-corrected chi connectivity index (χ1v) is 12.9. The van der Waals surface area contributed by atoms with E-state index in [0.717, 1.165) is 68.6 Å². The molecule has 1 aliphatic carbocycles. The Balaban J connectivity index is 0.00000289. The van der Waals surface area contributed by atoms with E-state index < -0.39 is 0 Å². The van der Waals surface area contributed by atoms with Crippen LogP contribution in [0.15, 0.2) is 42.5 Å². The molecule has 1 N–H and O–H groups in total. The van der Waals surface area contributed by atoms with Crippen LogP contribution in [-0.2, 0) is 28.8 Å². The summed E-state index contributed by atoms with van der Waals surface area (Å²) in [6.45, 7) is 3.36. The highest BCUT2D eigenvalue weighted by Crippen LogP contribution is 2.28. The van der Waals surface area contributed by atoms with Crippen LogP contribution in [0, 0.1) is 0 Å². The molecule has 2 fully saturated rings. The fraction of sp³-hybridized carbons (Fsp3) is 0.500. The SMILES string of the molecule is Cl.O=C(CCc1ccc(N2CCN(c3ccc4c(c3)CCNCC4)C2=O)cc1)OC1CCCCC1. The molecule has 35 heavy (non-hydrogen) atoms. The van der Waals surface area contributed by atoms with Crippen LogP contribution in [0.1, 0.15) is 55.2 Å². The molecule has 2 aromatic carbocycles. The van der Waals surface area contributed by atoms with Gasteiger partial charge in [0.25, 0.3) is 0 Å². The van der Waals surface area contributed by atoms with Crippen LogP contribution in [0.3, 0.4) is 0 Å². The number of amides is 2. The summed E-state index contributed by atoms with van der Waals surface area (Å²) in [5, 5.41) is 3.44. The Labute approximate surface area is 214 Å². The number of rotatable bonds is 6. The van der Waals surface area contributed by atoms with Gasteiger partial charge in [0.15, 0.2) is 0 Å². The van der Waals surface area contributed by atoms with E-state index in [0.29, 0.717) is 25.9 Å². The summed E-state index contributed by atoms with van der Waals surface area (Å²) < 4.78 is 5.63. The molecule has 0 radical (unpaired) electrons. The van der Waals surface area contributed by atoms with Gasteiger partial charge in [-0.15, -0.1) is 12.4 Å². The van der Waals surface area contributed by atoms with Crippen molar-refractivity contribution in [3.8, 4) is 0 Å². The Bertz CT molecular complexity index is 1020. The Kier molecular flexibility index (Phi) is 8.69. The molecule has 0 aromatic heterocycles. The first kappa shape index (κ1) is 25.5. The molecule has 188 valence electrons. The third-order valence-corrected chi connectivity index (χ3v) is 7.37. The Morgan fingerprint density at radius 1 is 0.886 bits per heavy atom. The van der Waals surface area contributed by atoms with E-state index in [1.165, 1.54) is 17.5 Å². The largest absolute Gasteiger partial charge is 0.462 e. The zero-order valence-electron chi connectivity index (χ0n) is 20.3. The summed E-state index contributed by atoms with van der Waals surface area (Å²) >= 11 is 0. The zero-order valence-corrected chi connectivity index (χ0v) is 21.2. The molecule has 7 heteroatoms. The van der Waals surface area contributed by atoms with Crippen LogP contribution in [-0.4, -0.2) is 44.3 Å². The second-order valence-electron chi connectivity index (χ2n) is 9.71. The first-order valence-electron chi connectivity index (χ1n) is 12.9. The molecule has 0 spiro atoms. The van der Waals surface area contributed by atoms with Crippen LogP contribution < -0.4 is 15.1 Å². The van der Waals surface area contributed by atoms with E-state index >= 15 is 0 Å². The topological polar surface area (TPSA) is 61.9 Å². The van der Waals surface area contributed by atoms with Gasteiger partial charge in [-0.1, -0.05) is 24.6 Å². The van der Waals surface area contributed by atoms with Gasteiger partial charge in [-0.05, 0) is 99.0 Å². The summed E-state index contributed by atoms with van der Waals surface area (Å²) in [5.41, 5.74) is 5.71. The molecule has 0 unspecified atom stereocenters. The van der Waals surface area contributed by atoms with E-state index in [4.69, 9.17) is 4.74 Å². The van der Waals surface area contributed by atoms with Crippen LogP contribution >= 0.6 is 12.4 Å². The number of ether oxygens (including phenoxy) is 1. The number of carbonyl (C=O) groups excluding carboxylic acids is 2. The van der Waals surface area contributed by atoms with Gasteiger partial charge in [0.05, 0.1) is 0 Å². The molecule has 1 saturated heterocycles. The van der Waals surface area contributed by atoms with Gasteiger partial charge in [-0.25, -0.2) is 4.79 Å². The molecule has 2 aromatic rings. The number of anilines is 2. The minimum absolute atomic E-state index is 0. The highest BCUT2D eigenvalue weighted by molar-refractivity contribution is 6.06. The van der Waals surface area contributed by atoms with Crippen molar-refractivity contribution < 1.29 is 14.3 Å². The van der Waals surface area contributed by atoms with Crippen molar-refractivity contribution in [1.82, 2.24) is 5.32 Å². The van der Waals surface area contributed by atoms with E-state index in [2.05, 4.69) is 23.5 Å². The number of benzene rings is 2. The summed E-state index contributed by atoms with van der Waals surface area (Å²) in [6.07, 6.45) is 8.81. The number of nitrogens with zero attached hydrogens (tertiary/aromatic N) is 2. The molecule has 2 aliphatic heterocycles. The number of carbonyl (C=O) groups is 2. The van der Waals surface area contributed by atoms with Crippen molar-refractivity contribution in [2.45, 2.75) is 63.9 Å². The molecule has 0 atom stereocenters. The van der Waals surface area contributed by atoms with Gasteiger partial charge in [-0.3, -0.25) is 14.6 Å². The van der Waals surface area contributed by atoms with Crippen LogP contribution in [0.2, 0.25) is 0 Å². The third-order valence-electron chi connectivity index (χ3n) is 7.37. The predicted molar refractivity (Wildman–Crippen MR) is 142 cm³/mol. The maximum Gasteiger partial charge on any atom is 0.329 e. The van der Waals surface area contributed by atoms with Crippen LogP contribution in [0.4, 0.5) is 16.2 Å². The van der Waals surface area contributed by atoms with Gasteiger partial charge in [0.2, 0.25) is 0 Å². The lowest BCUT2D eigenvalue weighted by Gasteiger charge is -2.21. The number of aryl methyl sites for hydroxylation is 1. The number of urea groups is 1. The number of hydrogen-bond acceptors (Lipinski definition) is 4. The minimum Gasteiger partial charge on any atom is -0.462 e. The molecule has 1 saturated carbocycles. The lowest BCUT2D eigenvalue weighted by atomic mass is 9.98. The van der Waals surface area contributed by atoms with Crippen LogP contribution in [0.25, 0.3) is 0 Å². The molecule has 5 rings (SSSR count). The fourth-order valence-corrected chi connectivity index (χ4v) is 5.36. The highest BCUT2D eigenvalue weighted by atomic mass is 35.5. The van der Waals surface area contributed by atoms with E-state index in [1.54, 1.807) is 0 Å². The van der Waals surface area contributed by atoms with Crippen molar-refractivity contribution in [3.05, 3.63) is 59.2 Å². The van der Waals surface area contributed by atoms with Gasteiger partial charge in [0, 0.05) is 30.9 Å². The number of halogens is 1. The molecule has 0 bridgehead atoms. The smallest absolute Gasteiger partial charge is 0.329 e. The summed E-state index contributed by atoms with van der Waals surface area (Å²) in [6, 6.07) is 14.5. The maximum absolute atomic E-state index is 13.2. The van der Waals surface area contributed by atoms with Crippen molar-refractivity contribution in [1.29, 1.82) is 0 Å². The normalized spacial score (nSPS) is 18.6. The summed E-state index contributed by atoms with van der Waals surface area (Å²) in [4.78, 5) is 29.1. The van der Waals surface area contributed by atoms with Gasteiger partial charge < -0.3 is 10.1 Å². The lowest BCUT2D eigenvalue weighted by Crippen LogP contribution is -2.31. The first-order chi connectivity index (χ1) is 16.7. The average Bonchev–Trinajstić information content (AvgIpc) is 3.09. The Morgan fingerprint density at radius 2 is 1.54 bits per heavy atom. The van der Waals surface area contributed by atoms with Gasteiger partial charge in [-0.2, -0.15) is 0 Å². The minimum atomic E-state index is -0.0992. The van der Waals surface area contributed by atoms with Crippen molar-refractivity contribution >= 4 is 35.8 Å². The van der Waals surface area contributed by atoms with Crippen LogP contribution in [0.5, 0.6) is 0 Å². The maximum atomic E-state index is 13.2. The van der Waals surface area contributed by atoms with Crippen molar-refractivity contribution in [2.24, 2.45) is 0 Å². The predicted octanol–water partition coefficient (Wildman–Crippen LogP) is 5.05. The lowest BCUT2D eigenvalue weighted by molar-refractivity contribution is -0.150. The monoisotopic (exact) mass is 497 g/mol. The number of fused-ring (bicyclic) bond motifs is 1. The van der Waals surface area contributed by atoms with Crippen molar-refractivity contribution in [2.75, 3.05) is 36.0 Å². The van der Waals surface area contributed by atoms with Gasteiger partial charge >= 0.3 is 12.0 Å². The quantitative estimate of drug-likeness (QED) is 0.567. The number of esters is 1. The molecule has 2 amide bonds. The molecule has 6 nitrogen and oxygen atoms in total. The second-order valence-corrected chi connectivity index (χ2v) is 9.71. The fourth-order valence-electron chi connectivity index (χ4n) is 5.36. The second kappa shape index (κ2) is 11.9. The van der Waals surface area contributed by atoms with E-state index in [1.807, 2.05) is 34.1 Å². The molecular formula is C28H36ClN3O3. The summed E-state index contributed by atoms with van der Waals surface area (Å²) in [5.74, 6) is -0.0992. The standard InChI is InChI=1S/C28H35N3O3.ClH/c32-27(34-26-4-2-1-3-5-26)13-8-21-6-10-24(11-7-21)30-18-19-31(28(30)33)25-12-9-22-14-16-29-17-15-23(22)20-25;/h6-7,9-12,20,26,29H,1-5,8,13-19H2;1H. The highest BCUT2D eigenvalue weighted by Gasteiger charge is 2.31. The Hall–Kier alpha value is -2.57. The van der Waals surface area contributed by atoms with E-state index in [9.17, 15) is 9.59 Å². The summed E-state index contributed by atoms with van der Waals surface area (Å²) in [7, 11) is 0. The number of hydrogen-bond donors (Lipinski definition) is 1.